The van der Waals surface area contributed by atoms with Crippen LogP contribution in [0.2, 0.25) is 10.2 Å². The monoisotopic (exact) mass is 411 g/mol. The van der Waals surface area contributed by atoms with Gasteiger partial charge in [-0.3, -0.25) is 4.79 Å². The summed E-state index contributed by atoms with van der Waals surface area (Å²) in [5.74, 6) is -3.14. The number of halogens is 4. The molecule has 9 heteroatoms. The summed E-state index contributed by atoms with van der Waals surface area (Å²) in [5, 5.41) is 3.09. The van der Waals surface area contributed by atoms with Gasteiger partial charge in [0.1, 0.15) is 5.15 Å². The maximum absolute atomic E-state index is 14.4. The number of pyridine rings is 2. The van der Waals surface area contributed by atoms with Crippen LogP contribution in [0.5, 0.6) is 0 Å². The molecule has 1 N–H and O–H groups in total. The first kappa shape index (κ1) is 17.3. The van der Waals surface area contributed by atoms with E-state index in [1.165, 1.54) is 24.5 Å². The van der Waals surface area contributed by atoms with Crippen molar-refractivity contribution in [2.45, 2.75) is 24.5 Å². The molecule has 0 spiro atoms. The number of rotatable bonds is 3. The average molecular weight is 412 g/mol. The number of carbonyl (C=O) groups excluding carboxylic acids is 1. The molecule has 6 unspecified atom stereocenters. The zero-order valence-electron chi connectivity index (χ0n) is 13.7. The van der Waals surface area contributed by atoms with Gasteiger partial charge < -0.3 is 10.1 Å². The van der Waals surface area contributed by atoms with Crippen molar-refractivity contribution < 1.29 is 18.3 Å². The second kappa shape index (κ2) is 6.09. The molecule has 2 bridgehead atoms. The first-order chi connectivity index (χ1) is 13.0. The van der Waals surface area contributed by atoms with E-state index >= 15 is 0 Å². The van der Waals surface area contributed by atoms with Crippen LogP contribution in [0.3, 0.4) is 0 Å². The number of fused-ring (bicyclic) bond motifs is 5. The van der Waals surface area contributed by atoms with E-state index < -0.39 is 23.6 Å². The Morgan fingerprint density at radius 2 is 2.00 bits per heavy atom. The van der Waals surface area contributed by atoms with Crippen molar-refractivity contribution in [3.8, 4) is 0 Å². The number of amides is 1. The van der Waals surface area contributed by atoms with Gasteiger partial charge in [0, 0.05) is 17.7 Å². The zero-order chi connectivity index (χ0) is 18.9. The molecule has 1 saturated carbocycles. The van der Waals surface area contributed by atoms with Crippen LogP contribution in [0.25, 0.3) is 0 Å². The number of anilines is 1. The fraction of sp³-hybridized carbons (Fsp3) is 0.389. The minimum absolute atomic E-state index is 0.131. The summed E-state index contributed by atoms with van der Waals surface area (Å²) in [6.45, 7) is 0. The second-order valence-corrected chi connectivity index (χ2v) is 7.94. The van der Waals surface area contributed by atoms with Gasteiger partial charge in [0.2, 0.25) is 11.9 Å². The van der Waals surface area contributed by atoms with Crippen LogP contribution in [0, 0.1) is 29.5 Å². The zero-order valence-corrected chi connectivity index (χ0v) is 15.2. The Morgan fingerprint density at radius 3 is 2.78 bits per heavy atom. The van der Waals surface area contributed by atoms with Crippen LogP contribution in [0.1, 0.15) is 17.9 Å². The van der Waals surface area contributed by atoms with Gasteiger partial charge in [-0.15, -0.1) is 0 Å². The highest BCUT2D eigenvalue weighted by Crippen LogP contribution is 2.65. The third-order valence-electron chi connectivity index (χ3n) is 5.75. The molecule has 27 heavy (non-hydrogen) atoms. The number of carbonyl (C=O) groups is 1. The number of hydrogen-bond acceptors (Lipinski definition) is 4. The topological polar surface area (TPSA) is 64.1 Å². The lowest BCUT2D eigenvalue weighted by Gasteiger charge is -2.27. The number of nitrogens with one attached hydrogen (secondary N) is 1. The molecule has 1 amide bonds. The minimum atomic E-state index is -1.17. The van der Waals surface area contributed by atoms with Crippen molar-refractivity contribution in [3.63, 3.8) is 0 Å². The van der Waals surface area contributed by atoms with Crippen LogP contribution in [0.15, 0.2) is 24.5 Å². The summed E-state index contributed by atoms with van der Waals surface area (Å²) < 4.78 is 34.1. The molecular weight excluding hydrogens is 399 g/mol. The van der Waals surface area contributed by atoms with Crippen molar-refractivity contribution in [1.82, 2.24) is 9.97 Å². The SMILES string of the molecule is O=C(Nc1cnc(Cl)c(Cl)c1)C1C2OC(C3CC32)C1c1ccnc(F)c1F. The van der Waals surface area contributed by atoms with E-state index in [2.05, 4.69) is 15.3 Å². The van der Waals surface area contributed by atoms with Crippen LogP contribution in [-0.2, 0) is 9.53 Å². The predicted octanol–water partition coefficient (Wildman–Crippen LogP) is 3.82. The van der Waals surface area contributed by atoms with Crippen LogP contribution in [-0.4, -0.2) is 28.1 Å². The molecule has 6 atom stereocenters. The van der Waals surface area contributed by atoms with E-state index in [4.69, 9.17) is 27.9 Å². The van der Waals surface area contributed by atoms with Crippen LogP contribution in [0.4, 0.5) is 14.5 Å². The maximum atomic E-state index is 14.4. The fourth-order valence-electron chi connectivity index (χ4n) is 4.57. The molecule has 5 nitrogen and oxygen atoms in total. The summed E-state index contributed by atoms with van der Waals surface area (Å²) >= 11 is 11.7. The van der Waals surface area contributed by atoms with Crippen molar-refractivity contribution in [2.24, 2.45) is 17.8 Å². The maximum Gasteiger partial charge on any atom is 0.249 e. The summed E-state index contributed by atoms with van der Waals surface area (Å²) in [7, 11) is 0. The van der Waals surface area contributed by atoms with Gasteiger partial charge in [-0.1, -0.05) is 23.2 Å². The van der Waals surface area contributed by atoms with Gasteiger partial charge in [0.25, 0.3) is 0 Å². The molecule has 2 aliphatic heterocycles. The highest BCUT2D eigenvalue weighted by atomic mass is 35.5. The normalized spacial score (nSPS) is 33.0. The molecule has 0 radical (unpaired) electrons. The summed E-state index contributed by atoms with van der Waals surface area (Å²) in [6, 6.07) is 2.91. The average Bonchev–Trinajstić information content (AvgIpc) is 3.25. The standard InChI is InChI=1S/C18H13Cl2F2N3O2/c19-10-3-6(5-24-16(10)20)25-18(26)12-11(7-1-2-23-17(22)13(7)21)14-8-4-9(8)15(12)27-14/h1-3,5,8-9,11-12,14-15H,4H2,(H,25,26). The lowest BCUT2D eigenvalue weighted by molar-refractivity contribution is -0.122. The summed E-state index contributed by atoms with van der Waals surface area (Å²) in [5.41, 5.74) is 0.511. The number of hydrogen-bond donors (Lipinski definition) is 1. The Kier molecular flexibility index (Phi) is 3.90. The second-order valence-electron chi connectivity index (χ2n) is 7.17. The lowest BCUT2D eigenvalue weighted by Crippen LogP contribution is -2.37. The van der Waals surface area contributed by atoms with Crippen LogP contribution >= 0.6 is 23.2 Å². The van der Waals surface area contributed by atoms with Crippen molar-refractivity contribution in [3.05, 3.63) is 52.0 Å². The quantitative estimate of drug-likeness (QED) is 0.779. The Hall–Kier alpha value is -1.83. The molecule has 2 aromatic rings. The van der Waals surface area contributed by atoms with Crippen LogP contribution < -0.4 is 5.32 Å². The lowest BCUT2D eigenvalue weighted by atomic mass is 9.75. The fourth-order valence-corrected chi connectivity index (χ4v) is 4.84. The van der Waals surface area contributed by atoms with Gasteiger partial charge in [-0.2, -0.15) is 4.39 Å². The Morgan fingerprint density at radius 1 is 1.22 bits per heavy atom. The van der Waals surface area contributed by atoms with E-state index in [9.17, 15) is 13.6 Å². The van der Waals surface area contributed by atoms with E-state index in [1.807, 2.05) is 0 Å². The molecule has 0 aromatic carbocycles. The van der Waals surface area contributed by atoms with E-state index in [0.29, 0.717) is 17.5 Å². The van der Waals surface area contributed by atoms with E-state index in [-0.39, 0.29) is 33.9 Å². The first-order valence-corrected chi connectivity index (χ1v) is 9.28. The summed E-state index contributed by atoms with van der Waals surface area (Å²) in [6.07, 6.45) is 2.94. The van der Waals surface area contributed by atoms with E-state index in [0.717, 1.165) is 6.42 Å². The molecule has 2 aromatic heterocycles. The minimum Gasteiger partial charge on any atom is -0.373 e. The number of nitrogens with zero attached hydrogens (tertiary/aromatic N) is 2. The molecule has 3 aliphatic rings. The molecule has 1 aliphatic carbocycles. The van der Waals surface area contributed by atoms with Gasteiger partial charge in [-0.25, -0.2) is 14.4 Å². The molecule has 3 fully saturated rings. The Balaban J connectivity index is 1.48. The van der Waals surface area contributed by atoms with Crippen molar-refractivity contribution in [2.75, 3.05) is 5.32 Å². The number of ether oxygens (including phenoxy) is 1. The third-order valence-corrected chi connectivity index (χ3v) is 6.43. The molecule has 2 saturated heterocycles. The number of aromatic nitrogens is 2. The first-order valence-electron chi connectivity index (χ1n) is 8.53. The smallest absolute Gasteiger partial charge is 0.249 e. The van der Waals surface area contributed by atoms with Gasteiger partial charge in [-0.05, 0) is 30.4 Å². The van der Waals surface area contributed by atoms with Gasteiger partial charge in [0.15, 0.2) is 5.82 Å². The largest absolute Gasteiger partial charge is 0.373 e. The van der Waals surface area contributed by atoms with Gasteiger partial charge in [0.05, 0.1) is 35.0 Å². The molecule has 140 valence electrons. The van der Waals surface area contributed by atoms with Gasteiger partial charge >= 0.3 is 0 Å². The Labute approximate surface area is 163 Å². The molecular formula is C18H13Cl2F2N3O2. The van der Waals surface area contributed by atoms with Crippen molar-refractivity contribution >= 4 is 34.8 Å². The predicted molar refractivity (Wildman–Crippen MR) is 93.5 cm³/mol. The van der Waals surface area contributed by atoms with E-state index in [1.54, 1.807) is 0 Å². The highest BCUT2D eigenvalue weighted by molar-refractivity contribution is 6.41. The molecule has 5 rings (SSSR count). The van der Waals surface area contributed by atoms with Crippen molar-refractivity contribution in [1.29, 1.82) is 0 Å². The third kappa shape index (κ3) is 2.63. The Bertz CT molecular complexity index is 960. The highest BCUT2D eigenvalue weighted by Gasteiger charge is 2.69. The molecule has 4 heterocycles. The summed E-state index contributed by atoms with van der Waals surface area (Å²) in [4.78, 5) is 20.3.